The first kappa shape index (κ1) is 17.5. The Morgan fingerprint density at radius 2 is 1.69 bits per heavy atom. The van der Waals surface area contributed by atoms with E-state index in [1.54, 1.807) is 22.5 Å². The van der Waals surface area contributed by atoms with E-state index in [2.05, 4.69) is 25.8 Å². The molecule has 3 aromatic rings. The molecule has 1 aliphatic heterocycles. The number of rotatable bonds is 5. The van der Waals surface area contributed by atoms with Crippen LogP contribution < -0.4 is 0 Å². The lowest BCUT2D eigenvalue weighted by Gasteiger charge is -2.34. The molecule has 4 rings (SSSR count). The number of hydrogen-bond donors (Lipinski definition) is 0. The van der Waals surface area contributed by atoms with Crippen LogP contribution in [0.3, 0.4) is 0 Å². The number of benzene rings is 2. The van der Waals surface area contributed by atoms with Crippen molar-refractivity contribution in [3.05, 3.63) is 54.1 Å². The third-order valence-corrected chi connectivity index (χ3v) is 7.23. The van der Waals surface area contributed by atoms with Crippen molar-refractivity contribution in [2.24, 2.45) is 0 Å². The van der Waals surface area contributed by atoms with Crippen molar-refractivity contribution in [3.63, 3.8) is 0 Å². The number of aromatic nitrogens is 2. The molecule has 0 spiro atoms. The highest BCUT2D eigenvalue weighted by atomic mass is 32.2. The van der Waals surface area contributed by atoms with Gasteiger partial charge in [0.15, 0.2) is 0 Å². The standard InChI is InChI=1S/C18H20N4O2S2/c23-26(24,17-8-4-7-16-18(17)20-25-19-16)22-13-11-21(12-14-22)10-9-15-5-2-1-3-6-15/h1-8H,9-14H2. The maximum atomic E-state index is 13.0. The molecule has 0 saturated carbocycles. The molecule has 0 radical (unpaired) electrons. The first-order valence-corrected chi connectivity index (χ1v) is 10.8. The molecule has 0 aliphatic carbocycles. The molecule has 2 aromatic carbocycles. The van der Waals surface area contributed by atoms with E-state index in [1.807, 2.05) is 18.2 Å². The van der Waals surface area contributed by atoms with E-state index < -0.39 is 10.0 Å². The van der Waals surface area contributed by atoms with E-state index in [4.69, 9.17) is 0 Å². The second kappa shape index (κ2) is 7.40. The summed E-state index contributed by atoms with van der Waals surface area (Å²) in [7, 11) is -3.54. The van der Waals surface area contributed by atoms with Gasteiger partial charge in [-0.25, -0.2) is 8.42 Å². The first-order chi connectivity index (χ1) is 12.6. The van der Waals surface area contributed by atoms with Gasteiger partial charge in [-0.05, 0) is 24.1 Å². The van der Waals surface area contributed by atoms with Crippen molar-refractivity contribution in [2.75, 3.05) is 32.7 Å². The smallest absolute Gasteiger partial charge is 0.245 e. The summed E-state index contributed by atoms with van der Waals surface area (Å²) in [5.74, 6) is 0. The fourth-order valence-electron chi connectivity index (χ4n) is 3.25. The monoisotopic (exact) mass is 388 g/mol. The summed E-state index contributed by atoms with van der Waals surface area (Å²) in [5.41, 5.74) is 2.42. The van der Waals surface area contributed by atoms with Crippen molar-refractivity contribution < 1.29 is 8.42 Å². The third-order valence-electron chi connectivity index (χ3n) is 4.76. The van der Waals surface area contributed by atoms with Gasteiger partial charge in [-0.1, -0.05) is 36.4 Å². The molecule has 1 aliphatic rings. The van der Waals surface area contributed by atoms with Crippen LogP contribution in [0, 0.1) is 0 Å². The topological polar surface area (TPSA) is 66.4 Å². The summed E-state index contributed by atoms with van der Waals surface area (Å²) in [4.78, 5) is 2.59. The molecule has 0 bridgehead atoms. The molecular weight excluding hydrogens is 368 g/mol. The fourth-order valence-corrected chi connectivity index (χ4v) is 5.43. The van der Waals surface area contributed by atoms with Gasteiger partial charge in [-0.2, -0.15) is 13.1 Å². The zero-order chi connectivity index (χ0) is 18.0. The molecular formula is C18H20N4O2S2. The van der Waals surface area contributed by atoms with Gasteiger partial charge < -0.3 is 4.90 Å². The van der Waals surface area contributed by atoms with E-state index in [-0.39, 0.29) is 4.90 Å². The molecule has 2 heterocycles. The minimum atomic E-state index is -3.54. The number of piperazine rings is 1. The Balaban J connectivity index is 1.42. The van der Waals surface area contributed by atoms with Crippen molar-refractivity contribution >= 4 is 32.8 Å². The minimum Gasteiger partial charge on any atom is -0.300 e. The average Bonchev–Trinajstić information content (AvgIpc) is 3.16. The normalized spacial score (nSPS) is 16.9. The van der Waals surface area contributed by atoms with Crippen LogP contribution in [-0.2, 0) is 16.4 Å². The highest BCUT2D eigenvalue weighted by Gasteiger charge is 2.30. The van der Waals surface area contributed by atoms with Crippen molar-refractivity contribution in [3.8, 4) is 0 Å². The molecule has 1 aromatic heterocycles. The summed E-state index contributed by atoms with van der Waals surface area (Å²) in [5, 5.41) is 0. The molecule has 26 heavy (non-hydrogen) atoms. The van der Waals surface area contributed by atoms with E-state index in [9.17, 15) is 8.42 Å². The summed E-state index contributed by atoms with van der Waals surface area (Å²) < 4.78 is 35.9. The van der Waals surface area contributed by atoms with Gasteiger partial charge in [0.05, 0.1) is 11.7 Å². The Morgan fingerprint density at radius 1 is 0.923 bits per heavy atom. The quantitative estimate of drug-likeness (QED) is 0.671. The summed E-state index contributed by atoms with van der Waals surface area (Å²) in [6, 6.07) is 15.5. The Morgan fingerprint density at radius 3 is 2.46 bits per heavy atom. The highest BCUT2D eigenvalue weighted by molar-refractivity contribution is 7.89. The predicted octanol–water partition coefficient (Wildman–Crippen LogP) is 2.24. The van der Waals surface area contributed by atoms with Crippen molar-refractivity contribution in [2.45, 2.75) is 11.3 Å². The Kier molecular flexibility index (Phi) is 4.99. The van der Waals surface area contributed by atoms with E-state index >= 15 is 0 Å². The molecule has 0 atom stereocenters. The van der Waals surface area contributed by atoms with Gasteiger partial charge in [-0.3, -0.25) is 0 Å². The fraction of sp³-hybridized carbons (Fsp3) is 0.333. The van der Waals surface area contributed by atoms with Crippen LogP contribution >= 0.6 is 11.7 Å². The summed E-state index contributed by atoms with van der Waals surface area (Å²) in [6.45, 7) is 3.45. The van der Waals surface area contributed by atoms with Crippen LogP contribution in [0.4, 0.5) is 0 Å². The number of fused-ring (bicyclic) bond motifs is 1. The molecule has 6 nitrogen and oxygen atoms in total. The second-order valence-corrected chi connectivity index (χ2v) is 8.80. The van der Waals surface area contributed by atoms with Gasteiger partial charge >= 0.3 is 0 Å². The van der Waals surface area contributed by atoms with E-state index in [0.29, 0.717) is 24.1 Å². The van der Waals surface area contributed by atoms with E-state index in [0.717, 1.165) is 37.8 Å². The molecule has 8 heteroatoms. The van der Waals surface area contributed by atoms with Crippen LogP contribution in [-0.4, -0.2) is 59.1 Å². The van der Waals surface area contributed by atoms with Gasteiger partial charge in [0.1, 0.15) is 15.9 Å². The maximum absolute atomic E-state index is 13.0. The Hall–Kier alpha value is -1.87. The minimum absolute atomic E-state index is 0.265. The number of sulfonamides is 1. The lowest BCUT2D eigenvalue weighted by Crippen LogP contribution is -2.49. The first-order valence-electron chi connectivity index (χ1n) is 8.62. The van der Waals surface area contributed by atoms with Crippen LogP contribution in [0.25, 0.3) is 11.0 Å². The van der Waals surface area contributed by atoms with Crippen molar-refractivity contribution in [1.82, 2.24) is 18.0 Å². The summed E-state index contributed by atoms with van der Waals surface area (Å²) >= 11 is 1.04. The molecule has 0 unspecified atom stereocenters. The SMILES string of the molecule is O=S(=O)(c1cccc2nsnc12)N1CCN(CCc2ccccc2)CC1. The molecule has 1 saturated heterocycles. The van der Waals surface area contributed by atoms with Crippen LogP contribution in [0.15, 0.2) is 53.4 Å². The van der Waals surface area contributed by atoms with Gasteiger partial charge in [0.2, 0.25) is 10.0 Å². The predicted molar refractivity (Wildman–Crippen MR) is 103 cm³/mol. The van der Waals surface area contributed by atoms with Crippen LogP contribution in [0.2, 0.25) is 0 Å². The van der Waals surface area contributed by atoms with Crippen molar-refractivity contribution in [1.29, 1.82) is 0 Å². The molecule has 136 valence electrons. The number of nitrogens with zero attached hydrogens (tertiary/aromatic N) is 4. The zero-order valence-electron chi connectivity index (χ0n) is 14.3. The average molecular weight is 389 g/mol. The molecule has 1 fully saturated rings. The van der Waals surface area contributed by atoms with Crippen LogP contribution in [0.1, 0.15) is 5.56 Å². The van der Waals surface area contributed by atoms with Gasteiger partial charge in [-0.15, -0.1) is 0 Å². The van der Waals surface area contributed by atoms with E-state index in [1.165, 1.54) is 5.56 Å². The molecule has 0 N–H and O–H groups in total. The Labute approximate surface area is 157 Å². The maximum Gasteiger partial charge on any atom is 0.245 e. The van der Waals surface area contributed by atoms with Gasteiger partial charge in [0.25, 0.3) is 0 Å². The Bertz CT molecular complexity index is 981. The summed E-state index contributed by atoms with van der Waals surface area (Å²) in [6.07, 6.45) is 0.984. The lowest BCUT2D eigenvalue weighted by atomic mass is 10.1. The zero-order valence-corrected chi connectivity index (χ0v) is 15.9. The van der Waals surface area contributed by atoms with Gasteiger partial charge in [0, 0.05) is 32.7 Å². The molecule has 0 amide bonds. The second-order valence-electron chi connectivity index (χ2n) is 6.37. The number of hydrogen-bond acceptors (Lipinski definition) is 6. The third kappa shape index (κ3) is 3.50. The lowest BCUT2D eigenvalue weighted by molar-refractivity contribution is 0.190. The van der Waals surface area contributed by atoms with Crippen LogP contribution in [0.5, 0.6) is 0 Å². The highest BCUT2D eigenvalue weighted by Crippen LogP contribution is 2.25. The largest absolute Gasteiger partial charge is 0.300 e.